The molecule has 2 unspecified atom stereocenters. The van der Waals surface area contributed by atoms with Gasteiger partial charge in [0.05, 0.1) is 0 Å². The molecule has 2 rings (SSSR count). The highest BCUT2D eigenvalue weighted by Gasteiger charge is 2.36. The van der Waals surface area contributed by atoms with Gasteiger partial charge in [0.25, 0.3) is 0 Å². The van der Waals surface area contributed by atoms with Gasteiger partial charge in [-0.15, -0.1) is 0 Å². The Morgan fingerprint density at radius 3 is 2.11 bits per heavy atom. The fourth-order valence-corrected chi connectivity index (χ4v) is 4.12. The summed E-state index contributed by atoms with van der Waals surface area (Å²) in [5.41, 5.74) is 0.644. The molecule has 0 radical (unpaired) electrons. The monoisotopic (exact) mass is 490 g/mol. The van der Waals surface area contributed by atoms with Crippen LogP contribution in [0.15, 0.2) is 60.7 Å². The summed E-state index contributed by atoms with van der Waals surface area (Å²) in [7, 11) is 0. The molecule has 0 saturated heterocycles. The SMILES string of the molecule is CCC(C)(CC(C)C(=O)NC(C)(C)CC(C)=O)C(=O)Nc1ccc(C(=O)/C=C/c2ccccc2)cc1. The van der Waals surface area contributed by atoms with Gasteiger partial charge in [0.2, 0.25) is 11.8 Å². The molecule has 2 N–H and O–H groups in total. The molecular formula is C30H38N2O4. The Balaban J connectivity index is 2.01. The van der Waals surface area contributed by atoms with Crippen molar-refractivity contribution in [2.24, 2.45) is 11.3 Å². The van der Waals surface area contributed by atoms with Gasteiger partial charge in [-0.1, -0.05) is 57.2 Å². The maximum Gasteiger partial charge on any atom is 0.230 e. The number of carbonyl (C=O) groups is 4. The lowest BCUT2D eigenvalue weighted by molar-refractivity contribution is -0.130. The van der Waals surface area contributed by atoms with Gasteiger partial charge in [-0.2, -0.15) is 0 Å². The number of amides is 2. The second kappa shape index (κ2) is 12.4. The number of hydrogen-bond donors (Lipinski definition) is 2. The average Bonchev–Trinajstić information content (AvgIpc) is 2.82. The number of carbonyl (C=O) groups excluding carboxylic acids is 4. The van der Waals surface area contributed by atoms with Crippen molar-refractivity contribution in [3.8, 4) is 0 Å². The highest BCUT2D eigenvalue weighted by molar-refractivity contribution is 6.07. The molecule has 6 nitrogen and oxygen atoms in total. The van der Waals surface area contributed by atoms with Crippen molar-refractivity contribution in [1.82, 2.24) is 5.32 Å². The topological polar surface area (TPSA) is 92.3 Å². The molecule has 0 spiro atoms. The minimum Gasteiger partial charge on any atom is -0.351 e. The van der Waals surface area contributed by atoms with Gasteiger partial charge in [-0.25, -0.2) is 0 Å². The fourth-order valence-electron chi connectivity index (χ4n) is 4.12. The van der Waals surface area contributed by atoms with E-state index < -0.39 is 16.9 Å². The lowest BCUT2D eigenvalue weighted by Crippen LogP contribution is -2.48. The first-order valence-electron chi connectivity index (χ1n) is 12.4. The van der Waals surface area contributed by atoms with Gasteiger partial charge in [0.15, 0.2) is 5.78 Å². The summed E-state index contributed by atoms with van der Waals surface area (Å²) < 4.78 is 0. The largest absolute Gasteiger partial charge is 0.351 e. The molecule has 0 fully saturated rings. The van der Waals surface area contributed by atoms with Crippen molar-refractivity contribution in [3.05, 3.63) is 71.8 Å². The van der Waals surface area contributed by atoms with E-state index in [1.165, 1.54) is 13.0 Å². The molecule has 2 atom stereocenters. The molecule has 192 valence electrons. The number of nitrogens with one attached hydrogen (secondary N) is 2. The van der Waals surface area contributed by atoms with E-state index in [1.54, 1.807) is 37.3 Å². The van der Waals surface area contributed by atoms with Crippen LogP contribution < -0.4 is 10.6 Å². The van der Waals surface area contributed by atoms with Gasteiger partial charge in [-0.3, -0.25) is 19.2 Å². The third-order valence-corrected chi connectivity index (χ3v) is 6.34. The van der Waals surface area contributed by atoms with Crippen LogP contribution in [0.1, 0.15) is 76.7 Å². The normalized spacial score (nSPS) is 14.1. The second-order valence-electron chi connectivity index (χ2n) is 10.4. The molecule has 2 amide bonds. The van der Waals surface area contributed by atoms with Crippen LogP contribution in [0.4, 0.5) is 5.69 Å². The van der Waals surface area contributed by atoms with Crippen molar-refractivity contribution in [3.63, 3.8) is 0 Å². The van der Waals surface area contributed by atoms with Gasteiger partial charge < -0.3 is 10.6 Å². The Hall–Kier alpha value is -3.54. The minimum atomic E-state index is -0.769. The molecule has 0 bridgehead atoms. The van der Waals surface area contributed by atoms with E-state index in [4.69, 9.17) is 0 Å². The first-order chi connectivity index (χ1) is 16.8. The summed E-state index contributed by atoms with van der Waals surface area (Å²) in [5, 5.41) is 5.86. The van der Waals surface area contributed by atoms with Crippen LogP contribution in [0.25, 0.3) is 6.08 Å². The van der Waals surface area contributed by atoms with Crippen LogP contribution in [0.2, 0.25) is 0 Å². The third kappa shape index (κ3) is 8.59. The van der Waals surface area contributed by atoms with Crippen LogP contribution in [0.5, 0.6) is 0 Å². The molecule has 0 aliphatic rings. The summed E-state index contributed by atoms with van der Waals surface area (Å²) in [4.78, 5) is 49.9. The fraction of sp³-hybridized carbons (Fsp3) is 0.400. The Kier molecular flexibility index (Phi) is 9.91. The zero-order valence-electron chi connectivity index (χ0n) is 22.2. The van der Waals surface area contributed by atoms with E-state index >= 15 is 0 Å². The standard InChI is InChI=1S/C30H38N2O4/c1-7-30(6,19-21(2)27(35)32-29(4,5)20-22(3)33)28(36)31-25-16-14-24(15-17-25)26(34)18-13-23-11-9-8-10-12-23/h8-18,21H,7,19-20H2,1-6H3,(H,31,36)(H,32,35)/b18-13+. The number of benzene rings is 2. The van der Waals surface area contributed by atoms with Crippen molar-refractivity contribution >= 4 is 35.1 Å². The van der Waals surface area contributed by atoms with Crippen LogP contribution in [0.3, 0.4) is 0 Å². The van der Waals surface area contributed by atoms with Crippen molar-refractivity contribution < 1.29 is 19.2 Å². The average molecular weight is 491 g/mol. The molecule has 36 heavy (non-hydrogen) atoms. The third-order valence-electron chi connectivity index (χ3n) is 6.34. The lowest BCUT2D eigenvalue weighted by atomic mass is 9.77. The molecule has 0 aromatic heterocycles. The number of Topliss-reactive ketones (excluding diaryl/α,β-unsaturated/α-hetero) is 1. The first kappa shape index (κ1) is 28.7. The lowest BCUT2D eigenvalue weighted by Gasteiger charge is -2.32. The highest BCUT2D eigenvalue weighted by atomic mass is 16.2. The predicted molar refractivity (Wildman–Crippen MR) is 145 cm³/mol. The minimum absolute atomic E-state index is 0.00524. The zero-order valence-corrected chi connectivity index (χ0v) is 22.2. The van der Waals surface area contributed by atoms with Crippen LogP contribution in [-0.2, 0) is 14.4 Å². The Morgan fingerprint density at radius 2 is 1.56 bits per heavy atom. The molecular weight excluding hydrogens is 452 g/mol. The first-order valence-corrected chi connectivity index (χ1v) is 12.4. The zero-order chi connectivity index (χ0) is 26.9. The second-order valence-corrected chi connectivity index (χ2v) is 10.4. The number of ketones is 2. The van der Waals surface area contributed by atoms with Gasteiger partial charge in [0.1, 0.15) is 5.78 Å². The molecule has 0 saturated carbocycles. The highest BCUT2D eigenvalue weighted by Crippen LogP contribution is 2.32. The molecule has 0 aliphatic heterocycles. The van der Waals surface area contributed by atoms with Crippen molar-refractivity contribution in [1.29, 1.82) is 0 Å². The molecule has 0 aliphatic carbocycles. The van der Waals surface area contributed by atoms with Gasteiger partial charge >= 0.3 is 0 Å². The van der Waals surface area contributed by atoms with E-state index in [0.29, 0.717) is 24.1 Å². The van der Waals surface area contributed by atoms with E-state index in [1.807, 2.05) is 58.0 Å². The summed E-state index contributed by atoms with van der Waals surface area (Å²) in [6.07, 6.45) is 4.45. The summed E-state index contributed by atoms with van der Waals surface area (Å²) in [6.45, 7) is 10.7. The summed E-state index contributed by atoms with van der Waals surface area (Å²) >= 11 is 0. The van der Waals surface area contributed by atoms with E-state index in [0.717, 1.165) is 5.56 Å². The van der Waals surface area contributed by atoms with E-state index in [-0.39, 0.29) is 29.8 Å². The van der Waals surface area contributed by atoms with Crippen LogP contribution in [0, 0.1) is 11.3 Å². The van der Waals surface area contributed by atoms with Gasteiger partial charge in [-0.05, 0) is 69.5 Å². The Labute approximate surface area is 214 Å². The molecule has 2 aromatic carbocycles. The van der Waals surface area contributed by atoms with E-state index in [9.17, 15) is 19.2 Å². The number of rotatable bonds is 12. The Morgan fingerprint density at radius 1 is 0.944 bits per heavy atom. The van der Waals surface area contributed by atoms with Gasteiger partial charge in [0, 0.05) is 34.5 Å². The summed E-state index contributed by atoms with van der Waals surface area (Å²) in [6, 6.07) is 16.4. The number of anilines is 1. The van der Waals surface area contributed by atoms with Crippen LogP contribution in [-0.4, -0.2) is 28.9 Å². The van der Waals surface area contributed by atoms with Crippen molar-refractivity contribution in [2.75, 3.05) is 5.32 Å². The molecule has 0 heterocycles. The molecule has 6 heteroatoms. The molecule has 2 aromatic rings. The van der Waals surface area contributed by atoms with Crippen molar-refractivity contribution in [2.45, 2.75) is 66.3 Å². The van der Waals surface area contributed by atoms with E-state index in [2.05, 4.69) is 10.6 Å². The quantitative estimate of drug-likeness (QED) is 0.289. The number of allylic oxidation sites excluding steroid dienone is 1. The number of hydrogen-bond acceptors (Lipinski definition) is 4. The maximum absolute atomic E-state index is 13.2. The smallest absolute Gasteiger partial charge is 0.230 e. The predicted octanol–water partition coefficient (Wildman–Crippen LogP) is 5.84. The Bertz CT molecular complexity index is 1100. The summed E-state index contributed by atoms with van der Waals surface area (Å²) in [5.74, 6) is -0.896. The maximum atomic E-state index is 13.2. The van der Waals surface area contributed by atoms with Crippen LogP contribution >= 0.6 is 0 Å².